The van der Waals surface area contributed by atoms with Gasteiger partial charge in [-0.15, -0.1) is 0 Å². The van der Waals surface area contributed by atoms with Crippen LogP contribution < -0.4 is 0 Å². The van der Waals surface area contributed by atoms with Crippen LogP contribution in [0.1, 0.15) is 68.7 Å². The van der Waals surface area contributed by atoms with Gasteiger partial charge in [0.05, 0.1) is 5.92 Å². The average Bonchev–Trinajstić information content (AvgIpc) is 2.63. The summed E-state index contributed by atoms with van der Waals surface area (Å²) in [6.45, 7) is 32.0. The van der Waals surface area contributed by atoms with Crippen molar-refractivity contribution in [3.8, 4) is 0 Å². The van der Waals surface area contributed by atoms with Crippen molar-refractivity contribution in [3.63, 3.8) is 0 Å². The Kier molecular flexibility index (Phi) is 13.8. The van der Waals surface area contributed by atoms with Gasteiger partial charge in [-0.05, 0) is 56.0 Å². The van der Waals surface area contributed by atoms with Gasteiger partial charge in [-0.2, -0.15) is 0 Å². The largest absolute Gasteiger partial charge is 0.518 e. The van der Waals surface area contributed by atoms with Gasteiger partial charge in [0, 0.05) is 19.8 Å². The molecule has 0 amide bonds. The zero-order valence-electron chi connectivity index (χ0n) is 23.6. The minimum absolute atomic E-state index is 0.00105. The van der Waals surface area contributed by atoms with Crippen molar-refractivity contribution in [1.82, 2.24) is 4.57 Å². The topological polar surface area (TPSA) is 48.0 Å². The van der Waals surface area contributed by atoms with Gasteiger partial charge >= 0.3 is 8.56 Å². The van der Waals surface area contributed by atoms with E-state index in [0.717, 1.165) is 25.6 Å². The van der Waals surface area contributed by atoms with Crippen molar-refractivity contribution in [2.75, 3.05) is 26.3 Å². The average molecular weight is 506 g/mol. The van der Waals surface area contributed by atoms with Gasteiger partial charge in [0.1, 0.15) is 8.24 Å². The second-order valence-electron chi connectivity index (χ2n) is 11.4. The molecular formula is C24H55NO4Si3. The molecule has 0 heterocycles. The maximum atomic E-state index is 13.3. The number of carbonyl (C=O) groups excluding carboxylic acids is 1. The molecule has 5 nitrogen and oxygen atoms in total. The van der Waals surface area contributed by atoms with Gasteiger partial charge in [0.2, 0.25) is 0 Å². The zero-order valence-corrected chi connectivity index (χ0v) is 26.6. The number of nitrogens with zero attached hydrogens (tertiary/aromatic N) is 1. The monoisotopic (exact) mass is 505 g/mol. The molecule has 0 aliphatic heterocycles. The van der Waals surface area contributed by atoms with Gasteiger partial charge in [-0.25, -0.2) is 0 Å². The van der Waals surface area contributed by atoms with Crippen LogP contribution in [0.5, 0.6) is 0 Å². The van der Waals surface area contributed by atoms with E-state index in [1.165, 1.54) is 0 Å². The van der Waals surface area contributed by atoms with Crippen LogP contribution in [0.2, 0.25) is 48.9 Å². The Balaban J connectivity index is 5.30. The lowest BCUT2D eigenvalue weighted by Gasteiger charge is -2.42. The van der Waals surface area contributed by atoms with E-state index in [9.17, 15) is 4.79 Å². The molecule has 1 atom stereocenters. The molecule has 0 saturated carbocycles. The van der Waals surface area contributed by atoms with E-state index < -0.39 is 25.1 Å². The van der Waals surface area contributed by atoms with Crippen LogP contribution in [0, 0.1) is 5.92 Å². The van der Waals surface area contributed by atoms with Crippen LogP contribution in [0.25, 0.3) is 0 Å². The predicted octanol–water partition coefficient (Wildman–Crippen LogP) is 7.01. The molecule has 0 aliphatic rings. The number of hydrogen-bond acceptors (Lipinski definition) is 5. The van der Waals surface area contributed by atoms with Gasteiger partial charge in [-0.1, -0.05) is 68.1 Å². The van der Waals surface area contributed by atoms with Gasteiger partial charge in [-0.3, -0.25) is 4.79 Å². The Morgan fingerprint density at radius 3 is 1.59 bits per heavy atom. The van der Waals surface area contributed by atoms with Crippen LogP contribution in [0.3, 0.4) is 0 Å². The summed E-state index contributed by atoms with van der Waals surface area (Å²) in [6, 6.07) is 0.985. The highest BCUT2D eigenvalue weighted by Gasteiger charge is 2.48. The maximum absolute atomic E-state index is 13.3. The third-order valence-corrected chi connectivity index (χ3v) is 18.1. The standard InChI is InChI=1S/C24H55NO4Si3/c1-14-27-31(13,28-15-2)18-16-17-25(30(10,11)12)19-23(9)24(26)29-32(20(3)4,21(5)6)22(7)8/h20-23H,14-19H2,1-13H3. The van der Waals surface area contributed by atoms with Gasteiger partial charge < -0.3 is 17.8 Å². The molecule has 0 fully saturated rings. The molecule has 0 saturated heterocycles. The fourth-order valence-corrected chi connectivity index (χ4v) is 14.4. The predicted molar refractivity (Wildman–Crippen MR) is 146 cm³/mol. The van der Waals surface area contributed by atoms with Crippen LogP contribution in [0.15, 0.2) is 0 Å². The molecule has 0 radical (unpaired) electrons. The summed E-state index contributed by atoms with van der Waals surface area (Å²) in [4.78, 5) is 13.3. The van der Waals surface area contributed by atoms with Crippen molar-refractivity contribution in [2.45, 2.75) is 118 Å². The molecule has 0 rings (SSSR count). The maximum Gasteiger partial charge on any atom is 0.334 e. The second-order valence-corrected chi connectivity index (χ2v) is 25.1. The smallest absolute Gasteiger partial charge is 0.334 e. The summed E-state index contributed by atoms with van der Waals surface area (Å²) < 4.78 is 21.1. The lowest BCUT2D eigenvalue weighted by atomic mass is 10.2. The molecule has 0 N–H and O–H groups in total. The van der Waals surface area contributed by atoms with E-state index in [1.807, 2.05) is 13.8 Å². The fraction of sp³-hybridized carbons (Fsp3) is 0.958. The summed E-state index contributed by atoms with van der Waals surface area (Å²) in [6.07, 6.45) is 1.04. The first-order valence-corrected chi connectivity index (χ1v) is 20.9. The minimum atomic E-state index is -2.20. The third kappa shape index (κ3) is 9.33. The summed E-state index contributed by atoms with van der Waals surface area (Å²) >= 11 is 0. The van der Waals surface area contributed by atoms with Crippen molar-refractivity contribution < 1.29 is 18.1 Å². The molecule has 0 aromatic heterocycles. The molecule has 192 valence electrons. The number of hydrogen-bond donors (Lipinski definition) is 0. The van der Waals surface area contributed by atoms with E-state index >= 15 is 0 Å². The molecule has 1 unspecified atom stereocenters. The van der Waals surface area contributed by atoms with Crippen LogP contribution in [-0.2, 0) is 18.1 Å². The Morgan fingerprint density at radius 1 is 0.812 bits per heavy atom. The van der Waals surface area contributed by atoms with E-state index in [-0.39, 0.29) is 11.9 Å². The molecular weight excluding hydrogens is 451 g/mol. The zero-order chi connectivity index (χ0) is 25.3. The van der Waals surface area contributed by atoms with E-state index in [4.69, 9.17) is 13.3 Å². The third-order valence-electron chi connectivity index (χ3n) is 6.79. The minimum Gasteiger partial charge on any atom is -0.518 e. The quantitative estimate of drug-likeness (QED) is 0.211. The van der Waals surface area contributed by atoms with E-state index in [1.54, 1.807) is 0 Å². The van der Waals surface area contributed by atoms with Crippen molar-refractivity contribution in [1.29, 1.82) is 0 Å². The van der Waals surface area contributed by atoms with Crippen LogP contribution in [0.4, 0.5) is 0 Å². The lowest BCUT2D eigenvalue weighted by molar-refractivity contribution is -0.140. The summed E-state index contributed by atoms with van der Waals surface area (Å²) in [5.41, 5.74) is 1.23. The summed E-state index contributed by atoms with van der Waals surface area (Å²) in [5.74, 6) is -0.119. The second kappa shape index (κ2) is 13.8. The SMILES string of the molecule is CCO[Si](C)(CCCN(CC(C)C(=O)O[Si](C(C)C)(C(C)C)C(C)C)[Si](C)(C)C)OCC. The van der Waals surface area contributed by atoms with Gasteiger partial charge in [0.25, 0.3) is 14.3 Å². The molecule has 0 aliphatic carbocycles. The van der Waals surface area contributed by atoms with Crippen LogP contribution in [-0.4, -0.2) is 62.0 Å². The van der Waals surface area contributed by atoms with Gasteiger partial charge in [0.15, 0.2) is 0 Å². The molecule has 0 bridgehead atoms. The summed E-state index contributed by atoms with van der Waals surface area (Å²) in [7, 11) is -5.89. The fourth-order valence-electron chi connectivity index (χ4n) is 5.12. The molecule has 0 spiro atoms. The van der Waals surface area contributed by atoms with E-state index in [0.29, 0.717) is 29.8 Å². The van der Waals surface area contributed by atoms with Crippen molar-refractivity contribution in [3.05, 3.63) is 0 Å². The van der Waals surface area contributed by atoms with Crippen LogP contribution >= 0.6 is 0 Å². The van der Waals surface area contributed by atoms with Crippen molar-refractivity contribution >= 4 is 31.1 Å². The Hall–Kier alpha value is 0.000649. The molecule has 32 heavy (non-hydrogen) atoms. The first-order chi connectivity index (χ1) is 14.6. The molecule has 8 heteroatoms. The highest BCUT2D eigenvalue weighted by molar-refractivity contribution is 6.79. The first-order valence-electron chi connectivity index (χ1n) is 12.8. The Bertz CT molecular complexity index is 522. The van der Waals surface area contributed by atoms with E-state index in [2.05, 4.69) is 79.2 Å². The first kappa shape index (κ1) is 32.0. The highest BCUT2D eigenvalue weighted by Crippen LogP contribution is 2.42. The normalized spacial score (nSPS) is 14.7. The molecule has 0 aromatic rings. The van der Waals surface area contributed by atoms with Crippen molar-refractivity contribution in [2.24, 2.45) is 5.92 Å². The molecule has 0 aromatic carbocycles. The Morgan fingerprint density at radius 2 is 1.25 bits per heavy atom. The highest BCUT2D eigenvalue weighted by atomic mass is 28.4. The Labute approximate surface area is 203 Å². The summed E-state index contributed by atoms with van der Waals surface area (Å²) in [5, 5.41) is 0. The lowest BCUT2D eigenvalue weighted by Crippen LogP contribution is -2.53. The number of rotatable bonds is 16. The number of carbonyl (C=O) groups is 1.